The van der Waals surface area contributed by atoms with Crippen molar-refractivity contribution in [2.45, 2.75) is 6.05 Å². The van der Waals surface area contributed by atoms with E-state index in [1.54, 1.807) is 0 Å². The second kappa shape index (κ2) is 4.15. The van der Waals surface area contributed by atoms with Crippen molar-refractivity contribution in [1.82, 2.24) is 4.90 Å². The van der Waals surface area contributed by atoms with Crippen molar-refractivity contribution in [1.29, 1.82) is 0 Å². The Bertz CT molecular complexity index is 204. The highest BCUT2D eigenvalue weighted by atomic mass is 19.3. The van der Waals surface area contributed by atoms with Gasteiger partial charge in [-0.25, -0.2) is 9.29 Å². The molecule has 0 saturated carbocycles. The quantitative estimate of drug-likeness (QED) is 0.463. The molecule has 0 unspecified atom stereocenters. The summed E-state index contributed by atoms with van der Waals surface area (Å²) < 4.78 is 43.9. The van der Waals surface area contributed by atoms with Crippen LogP contribution in [0.1, 0.15) is 0 Å². The number of rotatable bonds is 2. The third kappa shape index (κ3) is 2.25. The largest absolute Gasteiger partial charge is 0.379 e. The number of nitrogens with zero attached hydrogens (tertiary/aromatic N) is 1. The van der Waals surface area contributed by atoms with E-state index >= 15 is 0 Å². The van der Waals surface area contributed by atoms with Crippen molar-refractivity contribution in [3.05, 3.63) is 11.8 Å². The topological polar surface area (TPSA) is 12.5 Å². The van der Waals surface area contributed by atoms with Gasteiger partial charge in [0.15, 0.2) is 5.83 Å². The molecule has 0 atom stereocenters. The minimum atomic E-state index is -3.47. The van der Waals surface area contributed by atoms with Gasteiger partial charge in [-0.3, -0.25) is 0 Å². The maximum atomic E-state index is 13.1. The summed E-state index contributed by atoms with van der Waals surface area (Å²) in [5, 5.41) is 0. The first-order valence-electron chi connectivity index (χ1n) is 4.12. The maximum Gasteiger partial charge on any atom is 0.356 e. The molecule has 0 spiro atoms. The molecule has 1 aliphatic heterocycles. The third-order valence-electron chi connectivity index (χ3n) is 1.95. The first-order valence-corrected chi connectivity index (χ1v) is 4.12. The van der Waals surface area contributed by atoms with Gasteiger partial charge in [-0.2, -0.15) is 8.78 Å². The van der Waals surface area contributed by atoms with Crippen LogP contribution in [0.5, 0.6) is 0 Å². The van der Waals surface area contributed by atoms with Crippen molar-refractivity contribution < 1.29 is 17.9 Å². The summed E-state index contributed by atoms with van der Waals surface area (Å²) in [5.41, 5.74) is 0. The van der Waals surface area contributed by atoms with Crippen LogP contribution < -0.4 is 0 Å². The lowest BCUT2D eigenvalue weighted by Crippen LogP contribution is -2.48. The zero-order chi connectivity index (χ0) is 9.90. The standard InChI is InChI=1S/C7H11BF3NO/c8-5-6(9)7(10,11)12-1-3-13-4-2-12/h5H,1-4,8H2/b6-5-. The van der Waals surface area contributed by atoms with E-state index in [2.05, 4.69) is 0 Å². The summed E-state index contributed by atoms with van der Waals surface area (Å²) in [4.78, 5) is 0.784. The Hall–Kier alpha value is -0.485. The van der Waals surface area contributed by atoms with Gasteiger partial charge in [-0.15, -0.1) is 0 Å². The summed E-state index contributed by atoms with van der Waals surface area (Å²) in [6.45, 7) is 0.585. The average Bonchev–Trinajstić information content (AvgIpc) is 2.18. The van der Waals surface area contributed by atoms with Crippen molar-refractivity contribution in [3.63, 3.8) is 0 Å². The van der Waals surface area contributed by atoms with E-state index in [4.69, 9.17) is 4.74 Å². The lowest BCUT2D eigenvalue weighted by Gasteiger charge is -2.32. The Kier molecular flexibility index (Phi) is 3.38. The van der Waals surface area contributed by atoms with Gasteiger partial charge in [0, 0.05) is 13.1 Å². The molecule has 74 valence electrons. The summed E-state index contributed by atoms with van der Waals surface area (Å²) in [7, 11) is 1.25. The SMILES string of the molecule is B/C=C(\F)C(F)(F)N1CCOCC1. The van der Waals surface area contributed by atoms with Gasteiger partial charge < -0.3 is 4.74 Å². The van der Waals surface area contributed by atoms with Crippen LogP contribution in [0.4, 0.5) is 13.2 Å². The van der Waals surface area contributed by atoms with Gasteiger partial charge in [0.2, 0.25) is 0 Å². The van der Waals surface area contributed by atoms with E-state index in [1.807, 2.05) is 0 Å². The first-order chi connectivity index (χ1) is 6.09. The van der Waals surface area contributed by atoms with Crippen LogP contribution in [0.25, 0.3) is 0 Å². The van der Waals surface area contributed by atoms with Gasteiger partial charge >= 0.3 is 6.05 Å². The molecule has 1 saturated heterocycles. The van der Waals surface area contributed by atoms with E-state index in [0.29, 0.717) is 0 Å². The molecule has 0 aliphatic carbocycles. The second-order valence-corrected chi connectivity index (χ2v) is 2.78. The van der Waals surface area contributed by atoms with Crippen LogP contribution in [-0.2, 0) is 4.74 Å². The van der Waals surface area contributed by atoms with Gasteiger partial charge in [0.25, 0.3) is 0 Å². The summed E-state index contributed by atoms with van der Waals surface area (Å²) >= 11 is 0. The normalized spacial score (nSPS) is 21.9. The number of alkyl halides is 2. The lowest BCUT2D eigenvalue weighted by atomic mass is 10.1. The molecule has 0 aromatic carbocycles. The van der Waals surface area contributed by atoms with E-state index < -0.39 is 11.9 Å². The van der Waals surface area contributed by atoms with Gasteiger partial charge in [0.05, 0.1) is 13.2 Å². The molecule has 1 aliphatic rings. The second-order valence-electron chi connectivity index (χ2n) is 2.78. The maximum absolute atomic E-state index is 13.1. The number of hydrogen-bond donors (Lipinski definition) is 0. The average molecular weight is 193 g/mol. The zero-order valence-corrected chi connectivity index (χ0v) is 7.40. The molecule has 0 aromatic heterocycles. The van der Waals surface area contributed by atoms with Crippen molar-refractivity contribution in [3.8, 4) is 0 Å². The minimum absolute atomic E-state index is 0.0638. The summed E-state index contributed by atoms with van der Waals surface area (Å²) in [5.74, 6) is -0.607. The van der Waals surface area contributed by atoms with E-state index in [-0.39, 0.29) is 26.3 Å². The number of morpholine rings is 1. The monoisotopic (exact) mass is 193 g/mol. The number of hydrogen-bond acceptors (Lipinski definition) is 2. The Morgan fingerprint density at radius 3 is 2.38 bits per heavy atom. The van der Waals surface area contributed by atoms with Crippen molar-refractivity contribution >= 4 is 7.85 Å². The first kappa shape index (κ1) is 10.6. The minimum Gasteiger partial charge on any atom is -0.379 e. The molecule has 0 N–H and O–H groups in total. The van der Waals surface area contributed by atoms with E-state index in [9.17, 15) is 13.2 Å². The van der Waals surface area contributed by atoms with E-state index in [1.165, 1.54) is 7.85 Å². The van der Waals surface area contributed by atoms with Gasteiger partial charge in [0.1, 0.15) is 7.85 Å². The predicted octanol–water partition coefficient (Wildman–Crippen LogP) is 0.355. The van der Waals surface area contributed by atoms with Crippen LogP contribution in [-0.4, -0.2) is 45.1 Å². The van der Waals surface area contributed by atoms with Crippen LogP contribution in [0.15, 0.2) is 11.8 Å². The lowest BCUT2D eigenvalue weighted by molar-refractivity contribution is -0.156. The molecule has 13 heavy (non-hydrogen) atoms. The van der Waals surface area contributed by atoms with Gasteiger partial charge in [-0.05, 0) is 0 Å². The molecule has 2 nitrogen and oxygen atoms in total. The van der Waals surface area contributed by atoms with Crippen molar-refractivity contribution in [2.24, 2.45) is 0 Å². The van der Waals surface area contributed by atoms with Crippen LogP contribution in [0.2, 0.25) is 0 Å². The fourth-order valence-electron chi connectivity index (χ4n) is 1.17. The molecule has 0 aromatic rings. The van der Waals surface area contributed by atoms with Crippen molar-refractivity contribution in [2.75, 3.05) is 26.3 Å². The smallest absolute Gasteiger partial charge is 0.356 e. The molecule has 1 heterocycles. The van der Waals surface area contributed by atoms with Gasteiger partial charge in [-0.1, -0.05) is 5.98 Å². The third-order valence-corrected chi connectivity index (χ3v) is 1.95. The predicted molar refractivity (Wildman–Crippen MR) is 45.1 cm³/mol. The highest BCUT2D eigenvalue weighted by molar-refractivity contribution is 6.17. The number of halogens is 3. The zero-order valence-electron chi connectivity index (χ0n) is 7.40. The highest BCUT2D eigenvalue weighted by Gasteiger charge is 2.42. The Morgan fingerprint density at radius 1 is 1.38 bits per heavy atom. The fraction of sp³-hybridized carbons (Fsp3) is 0.714. The molecular weight excluding hydrogens is 182 g/mol. The Labute approximate surface area is 75.8 Å². The molecule has 0 radical (unpaired) electrons. The molecule has 6 heteroatoms. The molecular formula is C7H11BF3NO. The summed E-state index contributed by atoms with van der Waals surface area (Å²) in [6.07, 6.45) is 0. The number of ether oxygens (including phenoxy) is 1. The van der Waals surface area contributed by atoms with Crippen LogP contribution in [0.3, 0.4) is 0 Å². The van der Waals surface area contributed by atoms with Crippen LogP contribution in [0, 0.1) is 0 Å². The summed E-state index contributed by atoms with van der Waals surface area (Å²) in [6, 6.07) is -3.47. The molecule has 0 amide bonds. The molecule has 0 bridgehead atoms. The molecule has 1 fully saturated rings. The Balaban J connectivity index is 2.66. The Morgan fingerprint density at radius 2 is 1.92 bits per heavy atom. The highest BCUT2D eigenvalue weighted by Crippen LogP contribution is 2.29. The fourth-order valence-corrected chi connectivity index (χ4v) is 1.17. The molecule has 1 rings (SSSR count). The van der Waals surface area contributed by atoms with Crippen LogP contribution >= 0.6 is 0 Å². The van der Waals surface area contributed by atoms with E-state index in [0.717, 1.165) is 10.9 Å².